The summed E-state index contributed by atoms with van der Waals surface area (Å²) in [6, 6.07) is 16.3. The number of aliphatic hydroxyl groups is 1. The molecule has 3 nitrogen and oxygen atoms in total. The van der Waals surface area contributed by atoms with Crippen LogP contribution in [0.25, 0.3) is 6.08 Å². The minimum absolute atomic E-state index is 0.432. The molecule has 0 saturated heterocycles. The van der Waals surface area contributed by atoms with Crippen molar-refractivity contribution in [3.8, 4) is 0 Å². The summed E-state index contributed by atoms with van der Waals surface area (Å²) >= 11 is 0. The number of carbonyl (C=O) groups is 1. The highest BCUT2D eigenvalue weighted by molar-refractivity contribution is 5.89. The third kappa shape index (κ3) is 2.36. The molecule has 0 radical (unpaired) electrons. The number of hydrogen-bond donors (Lipinski definition) is 1. The first kappa shape index (κ1) is 12.6. The van der Waals surface area contributed by atoms with Gasteiger partial charge in [-0.1, -0.05) is 48.5 Å². The van der Waals surface area contributed by atoms with E-state index in [2.05, 4.69) is 0 Å². The van der Waals surface area contributed by atoms with E-state index in [9.17, 15) is 9.90 Å². The van der Waals surface area contributed by atoms with Crippen molar-refractivity contribution in [1.29, 1.82) is 0 Å². The van der Waals surface area contributed by atoms with Gasteiger partial charge < -0.3 is 9.84 Å². The van der Waals surface area contributed by atoms with Gasteiger partial charge >= 0.3 is 5.97 Å². The van der Waals surface area contributed by atoms with Crippen LogP contribution in [0.1, 0.15) is 27.6 Å². The van der Waals surface area contributed by atoms with Crippen LogP contribution in [0, 0.1) is 0 Å². The zero-order valence-electron chi connectivity index (χ0n) is 10.8. The Kier molecular flexibility index (Phi) is 3.35. The molecule has 2 aromatic rings. The largest absolute Gasteiger partial charge is 0.451 e. The number of esters is 1. The van der Waals surface area contributed by atoms with Gasteiger partial charge in [0, 0.05) is 0 Å². The molecule has 0 heterocycles. The van der Waals surface area contributed by atoms with Crippen LogP contribution in [-0.2, 0) is 4.74 Å². The lowest BCUT2D eigenvalue weighted by Gasteiger charge is -2.25. The van der Waals surface area contributed by atoms with Crippen molar-refractivity contribution >= 4 is 12.0 Å². The fourth-order valence-corrected chi connectivity index (χ4v) is 2.28. The molecule has 1 N–H and O–H groups in total. The maximum atomic E-state index is 12.0. The highest BCUT2D eigenvalue weighted by atomic mass is 16.6. The number of fused-ring (bicyclic) bond motifs is 1. The van der Waals surface area contributed by atoms with Gasteiger partial charge in [-0.3, -0.25) is 0 Å². The summed E-state index contributed by atoms with van der Waals surface area (Å²) in [5.41, 5.74) is 2.21. The Morgan fingerprint density at radius 3 is 2.50 bits per heavy atom. The predicted octanol–water partition coefficient (Wildman–Crippen LogP) is 2.97. The van der Waals surface area contributed by atoms with Crippen LogP contribution in [0.3, 0.4) is 0 Å². The van der Waals surface area contributed by atoms with Crippen molar-refractivity contribution in [2.75, 3.05) is 0 Å². The van der Waals surface area contributed by atoms with Gasteiger partial charge in [-0.15, -0.1) is 0 Å². The zero-order chi connectivity index (χ0) is 13.9. The summed E-state index contributed by atoms with van der Waals surface area (Å²) in [7, 11) is 0. The predicted molar refractivity (Wildman–Crippen MR) is 76.1 cm³/mol. The van der Waals surface area contributed by atoms with Crippen molar-refractivity contribution in [2.24, 2.45) is 0 Å². The fourth-order valence-electron chi connectivity index (χ4n) is 2.28. The molecule has 0 saturated carbocycles. The second kappa shape index (κ2) is 5.31. The molecule has 0 bridgehead atoms. The summed E-state index contributed by atoms with van der Waals surface area (Å²) < 4.78 is 5.37. The monoisotopic (exact) mass is 266 g/mol. The summed E-state index contributed by atoms with van der Waals surface area (Å²) in [4.78, 5) is 12.0. The number of ether oxygens (including phenoxy) is 1. The molecule has 0 aromatic heterocycles. The van der Waals surface area contributed by atoms with E-state index >= 15 is 0 Å². The molecular weight excluding hydrogens is 252 g/mol. The highest BCUT2D eigenvalue weighted by Gasteiger charge is 2.27. The first-order valence-electron chi connectivity index (χ1n) is 6.47. The second-order valence-electron chi connectivity index (χ2n) is 4.67. The minimum Gasteiger partial charge on any atom is -0.451 e. The molecule has 3 rings (SSSR count). The summed E-state index contributed by atoms with van der Waals surface area (Å²) in [5.74, 6) is -0.432. The van der Waals surface area contributed by atoms with E-state index in [0.29, 0.717) is 5.56 Å². The van der Waals surface area contributed by atoms with Gasteiger partial charge in [0.05, 0.1) is 5.56 Å². The van der Waals surface area contributed by atoms with Gasteiger partial charge in [-0.05, 0) is 29.3 Å². The number of benzene rings is 2. The van der Waals surface area contributed by atoms with Crippen molar-refractivity contribution < 1.29 is 14.6 Å². The molecule has 20 heavy (non-hydrogen) atoms. The third-order valence-electron chi connectivity index (χ3n) is 3.34. The minimum atomic E-state index is -0.830. The molecule has 2 atom stereocenters. The first-order valence-corrected chi connectivity index (χ1v) is 6.47. The molecule has 3 heteroatoms. The molecular formula is C17H14O3. The molecule has 1 aliphatic rings. The van der Waals surface area contributed by atoms with Crippen LogP contribution in [0.15, 0.2) is 60.7 Å². The van der Waals surface area contributed by atoms with Crippen LogP contribution < -0.4 is 0 Å². The lowest BCUT2D eigenvalue weighted by Crippen LogP contribution is -2.26. The van der Waals surface area contributed by atoms with Crippen LogP contribution in [-0.4, -0.2) is 17.2 Å². The Bertz CT molecular complexity index is 646. The van der Waals surface area contributed by atoms with Crippen LogP contribution >= 0.6 is 0 Å². The van der Waals surface area contributed by atoms with E-state index in [1.165, 1.54) is 0 Å². The summed E-state index contributed by atoms with van der Waals surface area (Å²) in [6.45, 7) is 0. The molecule has 0 unspecified atom stereocenters. The van der Waals surface area contributed by atoms with Crippen molar-refractivity contribution in [3.63, 3.8) is 0 Å². The van der Waals surface area contributed by atoms with Gasteiger partial charge in [-0.2, -0.15) is 0 Å². The molecule has 0 amide bonds. The number of aliphatic hydroxyl groups excluding tert-OH is 1. The Hall–Kier alpha value is -2.39. The zero-order valence-corrected chi connectivity index (χ0v) is 10.8. The SMILES string of the molecule is O=C(O[C@@H]1C=Cc2ccccc2[C@H]1O)c1ccccc1. The summed E-state index contributed by atoms with van der Waals surface area (Å²) in [6.07, 6.45) is 2.10. The third-order valence-corrected chi connectivity index (χ3v) is 3.34. The smallest absolute Gasteiger partial charge is 0.338 e. The fraction of sp³-hybridized carbons (Fsp3) is 0.118. The van der Waals surface area contributed by atoms with E-state index in [4.69, 9.17) is 4.74 Å². The van der Waals surface area contributed by atoms with E-state index in [0.717, 1.165) is 11.1 Å². The van der Waals surface area contributed by atoms with E-state index in [1.807, 2.05) is 36.4 Å². The standard InChI is InChI=1S/C17H14O3/c18-16-14-9-5-4-6-12(14)10-11-15(16)20-17(19)13-7-2-1-3-8-13/h1-11,15-16,18H/t15-,16-/m1/s1. The van der Waals surface area contributed by atoms with Gasteiger partial charge in [0.2, 0.25) is 0 Å². The van der Waals surface area contributed by atoms with E-state index in [1.54, 1.807) is 30.3 Å². The van der Waals surface area contributed by atoms with Crippen LogP contribution in [0.4, 0.5) is 0 Å². The maximum absolute atomic E-state index is 12.0. The first-order chi connectivity index (χ1) is 9.75. The van der Waals surface area contributed by atoms with E-state index < -0.39 is 18.2 Å². The van der Waals surface area contributed by atoms with Gasteiger partial charge in [0.15, 0.2) is 6.10 Å². The molecule has 0 aliphatic heterocycles. The van der Waals surface area contributed by atoms with Crippen LogP contribution in [0.2, 0.25) is 0 Å². The Morgan fingerprint density at radius 2 is 1.70 bits per heavy atom. The lowest BCUT2D eigenvalue weighted by atomic mass is 9.93. The van der Waals surface area contributed by atoms with Gasteiger partial charge in [0.1, 0.15) is 6.10 Å². The average Bonchev–Trinajstić information content (AvgIpc) is 2.51. The normalized spacial score (nSPS) is 20.2. The quantitative estimate of drug-likeness (QED) is 0.850. The van der Waals surface area contributed by atoms with Crippen molar-refractivity contribution in [2.45, 2.75) is 12.2 Å². The number of hydrogen-bond acceptors (Lipinski definition) is 3. The highest BCUT2D eigenvalue weighted by Crippen LogP contribution is 2.29. The van der Waals surface area contributed by atoms with E-state index in [-0.39, 0.29) is 0 Å². The molecule has 1 aliphatic carbocycles. The molecule has 2 aromatic carbocycles. The number of rotatable bonds is 2. The average molecular weight is 266 g/mol. The Morgan fingerprint density at radius 1 is 1.00 bits per heavy atom. The maximum Gasteiger partial charge on any atom is 0.338 e. The van der Waals surface area contributed by atoms with Gasteiger partial charge in [0.25, 0.3) is 0 Å². The molecule has 0 spiro atoms. The summed E-state index contributed by atoms with van der Waals surface area (Å²) in [5, 5.41) is 10.3. The second-order valence-corrected chi connectivity index (χ2v) is 4.67. The Labute approximate surface area is 117 Å². The van der Waals surface area contributed by atoms with Gasteiger partial charge in [-0.25, -0.2) is 4.79 Å². The topological polar surface area (TPSA) is 46.5 Å². The number of carbonyl (C=O) groups excluding carboxylic acids is 1. The molecule has 0 fully saturated rings. The van der Waals surface area contributed by atoms with Crippen molar-refractivity contribution in [1.82, 2.24) is 0 Å². The lowest BCUT2D eigenvalue weighted by molar-refractivity contribution is -0.00116. The van der Waals surface area contributed by atoms with Crippen LogP contribution in [0.5, 0.6) is 0 Å². The Balaban J connectivity index is 1.79. The molecule has 100 valence electrons. The van der Waals surface area contributed by atoms with Crippen molar-refractivity contribution in [3.05, 3.63) is 77.4 Å².